The first-order chi connectivity index (χ1) is 13.7. The van der Waals surface area contributed by atoms with Gasteiger partial charge in [0.05, 0.1) is 35.6 Å². The Labute approximate surface area is 184 Å². The molecular formula is C19H20ClF2NO5S2. The van der Waals surface area contributed by atoms with Gasteiger partial charge in [0.15, 0.2) is 15.7 Å². The number of benzene rings is 2. The summed E-state index contributed by atoms with van der Waals surface area (Å²) >= 11 is 5.52. The van der Waals surface area contributed by atoms with Gasteiger partial charge in [0.25, 0.3) is 5.91 Å². The Bertz CT molecular complexity index is 1040. The summed E-state index contributed by atoms with van der Waals surface area (Å²) < 4.78 is 63.2. The maximum absolute atomic E-state index is 14.1. The fourth-order valence-electron chi connectivity index (χ4n) is 2.99. The second kappa shape index (κ2) is 9.95. The smallest absolute Gasteiger partial charge is 0.259 e. The summed E-state index contributed by atoms with van der Waals surface area (Å²) in [5.41, 5.74) is -0.462. The first kappa shape index (κ1) is 24.4. The zero-order valence-corrected chi connectivity index (χ0v) is 18.4. The molecule has 1 fully saturated rings. The Balaban J connectivity index is 0.00000320. The normalized spacial score (nSPS) is 16.1. The molecule has 3 rings (SSSR count). The van der Waals surface area contributed by atoms with Crippen LogP contribution in [0, 0.1) is 17.6 Å². The van der Waals surface area contributed by atoms with E-state index in [0.717, 1.165) is 12.1 Å². The van der Waals surface area contributed by atoms with E-state index >= 15 is 0 Å². The number of rotatable bonds is 6. The molecule has 164 valence electrons. The van der Waals surface area contributed by atoms with Crippen LogP contribution in [0.4, 0.5) is 14.5 Å². The van der Waals surface area contributed by atoms with Crippen LogP contribution in [0.15, 0.2) is 35.2 Å². The van der Waals surface area contributed by atoms with E-state index in [1.807, 2.05) is 0 Å². The van der Waals surface area contributed by atoms with Crippen LogP contribution in [0.2, 0.25) is 5.02 Å². The van der Waals surface area contributed by atoms with Crippen LogP contribution in [0.25, 0.3) is 0 Å². The van der Waals surface area contributed by atoms with Gasteiger partial charge in [-0.2, -0.15) is 13.5 Å². The van der Waals surface area contributed by atoms with Crippen molar-refractivity contribution in [2.24, 2.45) is 5.92 Å². The van der Waals surface area contributed by atoms with E-state index in [1.54, 1.807) is 0 Å². The molecule has 1 aliphatic rings. The number of amides is 1. The average Bonchev–Trinajstić information content (AvgIpc) is 3.20. The van der Waals surface area contributed by atoms with E-state index in [0.29, 0.717) is 19.6 Å². The van der Waals surface area contributed by atoms with Gasteiger partial charge < -0.3 is 14.8 Å². The fourth-order valence-corrected chi connectivity index (χ4v) is 4.80. The van der Waals surface area contributed by atoms with Crippen LogP contribution in [0.5, 0.6) is 5.75 Å². The third kappa shape index (κ3) is 5.23. The molecule has 1 aliphatic heterocycles. The molecule has 1 heterocycles. The molecule has 1 amide bonds. The molecule has 30 heavy (non-hydrogen) atoms. The van der Waals surface area contributed by atoms with Crippen molar-refractivity contribution in [1.29, 1.82) is 0 Å². The van der Waals surface area contributed by atoms with E-state index in [2.05, 4.69) is 5.32 Å². The lowest BCUT2D eigenvalue weighted by Crippen LogP contribution is -2.18. The van der Waals surface area contributed by atoms with Gasteiger partial charge in [-0.1, -0.05) is 11.6 Å². The molecule has 1 saturated heterocycles. The van der Waals surface area contributed by atoms with Crippen molar-refractivity contribution < 1.29 is 31.5 Å². The van der Waals surface area contributed by atoms with Crippen molar-refractivity contribution in [2.75, 3.05) is 31.4 Å². The van der Waals surface area contributed by atoms with Crippen LogP contribution < -0.4 is 10.1 Å². The topological polar surface area (TPSA) is 81.7 Å². The molecule has 1 atom stereocenters. The van der Waals surface area contributed by atoms with E-state index in [4.69, 9.17) is 21.1 Å². The highest BCUT2D eigenvalue weighted by Crippen LogP contribution is 2.29. The van der Waals surface area contributed by atoms with Gasteiger partial charge in [0.1, 0.15) is 16.6 Å². The van der Waals surface area contributed by atoms with Gasteiger partial charge in [-0.25, -0.2) is 17.2 Å². The second-order valence-corrected chi connectivity index (χ2v) is 8.96. The Hall–Kier alpha value is -1.88. The lowest BCUT2D eigenvalue weighted by atomic mass is 10.1. The van der Waals surface area contributed by atoms with Crippen LogP contribution >= 0.6 is 25.1 Å². The van der Waals surface area contributed by atoms with Crippen LogP contribution in [0.3, 0.4) is 0 Å². The molecular weight excluding hydrogens is 460 g/mol. The summed E-state index contributed by atoms with van der Waals surface area (Å²) in [6.07, 6.45) is 0.646. The summed E-state index contributed by atoms with van der Waals surface area (Å²) in [6.45, 7) is 0.885. The summed E-state index contributed by atoms with van der Waals surface area (Å²) in [6, 6.07) is 5.78. The molecule has 0 spiro atoms. The molecule has 6 nitrogen and oxygen atoms in total. The summed E-state index contributed by atoms with van der Waals surface area (Å²) in [4.78, 5) is 12.6. The fraction of sp³-hybridized carbons (Fsp3) is 0.316. The van der Waals surface area contributed by atoms with Crippen molar-refractivity contribution in [3.63, 3.8) is 0 Å². The molecule has 2 aromatic rings. The third-order valence-electron chi connectivity index (χ3n) is 4.54. The number of ether oxygens (including phenoxy) is 2. The first-order valence-electron chi connectivity index (χ1n) is 8.66. The van der Waals surface area contributed by atoms with Crippen LogP contribution in [0.1, 0.15) is 16.8 Å². The number of sulfone groups is 1. The number of carbonyl (C=O) groups is 1. The van der Waals surface area contributed by atoms with Crippen molar-refractivity contribution >= 4 is 46.5 Å². The van der Waals surface area contributed by atoms with Crippen molar-refractivity contribution in [3.05, 3.63) is 52.6 Å². The maximum atomic E-state index is 14.1. The number of methoxy groups -OCH3 is 1. The van der Waals surface area contributed by atoms with Gasteiger partial charge in [-0.3, -0.25) is 4.79 Å². The van der Waals surface area contributed by atoms with Gasteiger partial charge >= 0.3 is 0 Å². The van der Waals surface area contributed by atoms with E-state index in [9.17, 15) is 22.0 Å². The Morgan fingerprint density at radius 2 is 2.03 bits per heavy atom. The van der Waals surface area contributed by atoms with Crippen LogP contribution in [-0.4, -0.2) is 40.4 Å². The van der Waals surface area contributed by atoms with Gasteiger partial charge in [0.2, 0.25) is 0 Å². The SMILES string of the molecule is COc1ccc(S(=O)(=O)C[C@H]2CCOC2)cc1C(=O)Nc1ccc(F)c(Cl)c1F.S. The van der Waals surface area contributed by atoms with Crippen molar-refractivity contribution in [1.82, 2.24) is 0 Å². The lowest BCUT2D eigenvalue weighted by molar-refractivity contribution is 0.102. The number of hydrogen-bond donors (Lipinski definition) is 1. The van der Waals surface area contributed by atoms with E-state index in [1.165, 1.54) is 25.3 Å². The highest BCUT2D eigenvalue weighted by atomic mass is 35.5. The maximum Gasteiger partial charge on any atom is 0.259 e. The Morgan fingerprint density at radius 1 is 1.30 bits per heavy atom. The second-order valence-electron chi connectivity index (χ2n) is 6.55. The van der Waals surface area contributed by atoms with Gasteiger partial charge in [-0.15, -0.1) is 0 Å². The third-order valence-corrected chi connectivity index (χ3v) is 6.77. The Kier molecular flexibility index (Phi) is 8.09. The highest BCUT2D eigenvalue weighted by molar-refractivity contribution is 7.91. The molecule has 0 aromatic heterocycles. The molecule has 0 saturated carbocycles. The highest BCUT2D eigenvalue weighted by Gasteiger charge is 2.26. The summed E-state index contributed by atoms with van der Waals surface area (Å²) in [7, 11) is -2.37. The van der Waals surface area contributed by atoms with Crippen molar-refractivity contribution in [3.8, 4) is 5.75 Å². The number of hydrogen-bond acceptors (Lipinski definition) is 5. The standard InChI is InChI=1S/C19H18ClF2NO5S.H2S/c1-27-16-5-2-12(29(25,26)10-11-6-7-28-9-11)8-13(16)19(24)23-15-4-3-14(21)17(20)18(15)22;/h2-5,8,11H,6-7,9-10H2,1H3,(H,23,24);1H2/t11-;/m0./s1. The van der Waals surface area contributed by atoms with Crippen LogP contribution in [-0.2, 0) is 14.6 Å². The largest absolute Gasteiger partial charge is 0.496 e. The minimum Gasteiger partial charge on any atom is -0.496 e. The molecule has 0 radical (unpaired) electrons. The predicted molar refractivity (Wildman–Crippen MR) is 114 cm³/mol. The zero-order chi connectivity index (χ0) is 21.2. The molecule has 0 aliphatic carbocycles. The molecule has 1 N–H and O–H groups in total. The Morgan fingerprint density at radius 3 is 2.67 bits per heavy atom. The summed E-state index contributed by atoms with van der Waals surface area (Å²) in [5.74, 6) is -3.06. The number of anilines is 1. The molecule has 11 heteroatoms. The molecule has 2 aromatic carbocycles. The first-order valence-corrected chi connectivity index (χ1v) is 10.7. The van der Waals surface area contributed by atoms with E-state index < -0.39 is 32.4 Å². The van der Waals surface area contributed by atoms with Crippen molar-refractivity contribution in [2.45, 2.75) is 11.3 Å². The number of nitrogens with one attached hydrogen (secondary N) is 1. The number of carbonyl (C=O) groups excluding carboxylic acids is 1. The van der Waals surface area contributed by atoms with Gasteiger partial charge in [0, 0.05) is 6.61 Å². The van der Waals surface area contributed by atoms with E-state index in [-0.39, 0.29) is 47.1 Å². The lowest BCUT2D eigenvalue weighted by Gasteiger charge is -2.14. The quantitative estimate of drug-likeness (QED) is 0.637. The zero-order valence-electron chi connectivity index (χ0n) is 15.9. The minimum absolute atomic E-state index is 0. The molecule has 0 bridgehead atoms. The number of halogens is 3. The minimum atomic E-state index is -3.68. The summed E-state index contributed by atoms with van der Waals surface area (Å²) in [5, 5.41) is 1.50. The predicted octanol–water partition coefficient (Wildman–Crippen LogP) is 3.80. The average molecular weight is 480 g/mol. The van der Waals surface area contributed by atoms with Gasteiger partial charge in [-0.05, 0) is 42.7 Å². The molecule has 0 unspecified atom stereocenters. The monoisotopic (exact) mass is 479 g/mol.